The molecule has 2 aliphatic rings. The summed E-state index contributed by atoms with van der Waals surface area (Å²) in [4.78, 5) is 0. The third kappa shape index (κ3) is 48.6. The Bertz CT molecular complexity index is 1910. The monoisotopic (exact) mass is 1580 g/mol. The molecule has 664 valence electrons. The van der Waals surface area contributed by atoms with Crippen LogP contribution < -0.4 is 0 Å². The smallest absolute Gasteiger partial charge is 0.224 e. The van der Waals surface area contributed by atoms with Crippen LogP contribution in [0.15, 0.2) is 0 Å². The summed E-state index contributed by atoms with van der Waals surface area (Å²) in [5, 5.41) is 100. The molecule has 2 aliphatic heterocycles. The van der Waals surface area contributed by atoms with Crippen LogP contribution in [0.1, 0.15) is 567 Å². The van der Waals surface area contributed by atoms with E-state index >= 15 is 0 Å². The number of hydrogen-bond donors (Lipinski definition) is 8. The fourth-order valence-corrected chi connectivity index (χ4v) is 19.2. The summed E-state index contributed by atoms with van der Waals surface area (Å²) in [6.45, 7) is 6.87. The molecule has 0 saturated carbocycles. The molecule has 0 aliphatic carbocycles. The standard InChI is InChI=1S/C100H198O11/c1-5-9-13-17-21-25-29-33-37-41-45-49-53-57-61-65-69-73-77-81-85-96(106)93(90-102)110-100(111-97(91-103)95(105)94(104)92(89-101)109-97,88-84-80-76-72-68-64-60-56-52-48-44-40-36-32-28-24-20-16-12-8-4)99(108,87-83-79-75-71-67-63-59-55-51-47-43-39-35-31-27-23-19-15-11-7-3)98(96,107)86-82-78-74-70-66-62-58-54-50-46-42-38-34-30-26-22-18-14-10-6-2/h92-95,101-108H,5-91H2,1-4H3/t92-,93-,94-,95+,96-,97?,98+,99-,100+/m1/s1. The van der Waals surface area contributed by atoms with Gasteiger partial charge in [0.15, 0.2) is 0 Å². The first-order valence-electron chi connectivity index (χ1n) is 50.8. The Kier molecular flexibility index (Phi) is 71.7. The zero-order valence-electron chi connectivity index (χ0n) is 75.1. The van der Waals surface area contributed by atoms with Gasteiger partial charge < -0.3 is 55.1 Å². The first-order chi connectivity index (χ1) is 54.4. The second-order valence-electron chi connectivity index (χ2n) is 36.9. The molecular formula is C100H198O11. The van der Waals surface area contributed by atoms with Crippen molar-refractivity contribution in [3.8, 4) is 0 Å². The fourth-order valence-electron chi connectivity index (χ4n) is 19.2. The van der Waals surface area contributed by atoms with Crippen LogP contribution in [0.2, 0.25) is 0 Å². The van der Waals surface area contributed by atoms with E-state index in [1.807, 2.05) is 0 Å². The molecule has 2 saturated heterocycles. The molecule has 0 spiro atoms. The first kappa shape index (κ1) is 107. The second-order valence-corrected chi connectivity index (χ2v) is 36.9. The first-order valence-corrected chi connectivity index (χ1v) is 50.8. The lowest BCUT2D eigenvalue weighted by Crippen LogP contribution is -2.85. The Hall–Kier alpha value is -0.440. The van der Waals surface area contributed by atoms with Gasteiger partial charge in [-0.25, -0.2) is 0 Å². The fraction of sp³-hybridized carbons (Fsp3) is 1.00. The van der Waals surface area contributed by atoms with Gasteiger partial charge in [-0.2, -0.15) is 0 Å². The van der Waals surface area contributed by atoms with Gasteiger partial charge in [0.05, 0.1) is 13.2 Å². The third-order valence-electron chi connectivity index (χ3n) is 26.9. The molecule has 0 radical (unpaired) electrons. The molecule has 0 aromatic rings. The molecule has 0 aromatic carbocycles. The summed E-state index contributed by atoms with van der Waals surface area (Å²) < 4.78 is 20.5. The normalized spacial score (nSPS) is 22.8. The van der Waals surface area contributed by atoms with Gasteiger partial charge in [-0.3, -0.25) is 0 Å². The van der Waals surface area contributed by atoms with E-state index in [0.29, 0.717) is 25.7 Å². The maximum Gasteiger partial charge on any atom is 0.224 e. The summed E-state index contributed by atoms with van der Waals surface area (Å²) in [7, 11) is 0. The molecule has 2 heterocycles. The third-order valence-corrected chi connectivity index (χ3v) is 26.9. The SMILES string of the molecule is CCCCCCCCCCCCCCCCCCCCCC[C@@]1(OC2(CO)O[C@H](CO)[C@@H](O)[C@@H]2O)O[C@H](CO)[C@](O)(CCCCCCCCCCCCCCCCCCCCCC)[C@@](O)(CCCCCCCCCCCCCCCCCCCCCC)[C@]1(O)CCCCCCCCCCCCCCCCCCCCCC. The van der Waals surface area contributed by atoms with E-state index in [-0.39, 0.29) is 25.7 Å². The van der Waals surface area contributed by atoms with Crippen LogP contribution in [0.3, 0.4) is 0 Å². The van der Waals surface area contributed by atoms with Crippen molar-refractivity contribution >= 4 is 0 Å². The predicted octanol–water partition coefficient (Wildman–Crippen LogP) is 28.9. The van der Waals surface area contributed by atoms with E-state index in [1.165, 1.54) is 392 Å². The zero-order chi connectivity index (χ0) is 80.4. The Balaban J connectivity index is 2.34. The minimum absolute atomic E-state index is 0.00677. The number of unbranched alkanes of at least 4 members (excludes halogenated alkanes) is 76. The Morgan fingerprint density at radius 3 is 0.631 bits per heavy atom. The van der Waals surface area contributed by atoms with Crippen molar-refractivity contribution in [3.05, 3.63) is 0 Å². The molecule has 0 bridgehead atoms. The Morgan fingerprint density at radius 1 is 0.234 bits per heavy atom. The molecule has 11 nitrogen and oxygen atoms in total. The van der Waals surface area contributed by atoms with Gasteiger partial charge >= 0.3 is 0 Å². The van der Waals surface area contributed by atoms with Crippen molar-refractivity contribution in [3.63, 3.8) is 0 Å². The van der Waals surface area contributed by atoms with Crippen LogP contribution in [0.25, 0.3) is 0 Å². The number of ether oxygens (including phenoxy) is 3. The largest absolute Gasteiger partial charge is 0.394 e. The number of aliphatic hydroxyl groups excluding tert-OH is 5. The van der Waals surface area contributed by atoms with E-state index in [0.717, 1.165) is 96.3 Å². The lowest BCUT2D eigenvalue weighted by atomic mass is 9.57. The van der Waals surface area contributed by atoms with Gasteiger partial charge in [-0.15, -0.1) is 0 Å². The molecular weight excluding hydrogens is 1380 g/mol. The van der Waals surface area contributed by atoms with E-state index in [4.69, 9.17) is 14.2 Å². The summed E-state index contributed by atoms with van der Waals surface area (Å²) in [5.41, 5.74) is -6.75. The van der Waals surface area contributed by atoms with Crippen molar-refractivity contribution in [2.24, 2.45) is 0 Å². The maximum absolute atomic E-state index is 14.6. The molecule has 2 rings (SSSR count). The van der Waals surface area contributed by atoms with Gasteiger partial charge in [0.1, 0.15) is 47.8 Å². The topological polar surface area (TPSA) is 190 Å². The molecule has 0 amide bonds. The van der Waals surface area contributed by atoms with E-state index in [2.05, 4.69) is 27.7 Å². The average Bonchev–Trinajstić information content (AvgIpc) is 1.35. The van der Waals surface area contributed by atoms with Crippen molar-refractivity contribution in [2.45, 2.75) is 620 Å². The average molecular weight is 1580 g/mol. The molecule has 111 heavy (non-hydrogen) atoms. The molecule has 1 unspecified atom stereocenters. The summed E-state index contributed by atoms with van der Waals surface area (Å²) in [5.74, 6) is -4.62. The van der Waals surface area contributed by atoms with Gasteiger partial charge in [0, 0.05) is 6.42 Å². The highest BCUT2D eigenvalue weighted by Gasteiger charge is 2.78. The Labute approximate surface area is 691 Å². The van der Waals surface area contributed by atoms with Crippen LogP contribution >= 0.6 is 0 Å². The van der Waals surface area contributed by atoms with Crippen molar-refractivity contribution < 1.29 is 55.1 Å². The molecule has 0 aromatic heterocycles. The second kappa shape index (κ2) is 74.6. The van der Waals surface area contributed by atoms with Crippen LogP contribution in [0.5, 0.6) is 0 Å². The van der Waals surface area contributed by atoms with Crippen molar-refractivity contribution in [1.82, 2.24) is 0 Å². The maximum atomic E-state index is 14.6. The van der Waals surface area contributed by atoms with E-state index in [9.17, 15) is 40.9 Å². The van der Waals surface area contributed by atoms with Gasteiger partial charge in [0.25, 0.3) is 0 Å². The van der Waals surface area contributed by atoms with Gasteiger partial charge in [-0.1, -0.05) is 535 Å². The highest BCUT2D eigenvalue weighted by molar-refractivity contribution is 5.24. The van der Waals surface area contributed by atoms with Crippen molar-refractivity contribution in [1.29, 1.82) is 0 Å². The predicted molar refractivity (Wildman–Crippen MR) is 475 cm³/mol. The van der Waals surface area contributed by atoms with E-state index in [1.54, 1.807) is 0 Å². The lowest BCUT2D eigenvalue weighted by Gasteiger charge is -2.66. The molecule has 8 N–H and O–H groups in total. The van der Waals surface area contributed by atoms with Gasteiger partial charge in [0.2, 0.25) is 11.6 Å². The van der Waals surface area contributed by atoms with Crippen LogP contribution in [-0.2, 0) is 14.2 Å². The zero-order valence-corrected chi connectivity index (χ0v) is 75.1. The number of rotatable bonds is 89. The Morgan fingerprint density at radius 2 is 0.432 bits per heavy atom. The number of aliphatic hydroxyl groups is 8. The lowest BCUT2D eigenvalue weighted by molar-refractivity contribution is -0.492. The summed E-state index contributed by atoms with van der Waals surface area (Å²) in [6, 6.07) is 0. The summed E-state index contributed by atoms with van der Waals surface area (Å²) in [6.07, 6.45) is 92.5. The van der Waals surface area contributed by atoms with Crippen molar-refractivity contribution in [2.75, 3.05) is 19.8 Å². The summed E-state index contributed by atoms with van der Waals surface area (Å²) >= 11 is 0. The van der Waals surface area contributed by atoms with Crippen LogP contribution in [0, 0.1) is 0 Å². The van der Waals surface area contributed by atoms with Gasteiger partial charge in [-0.05, 0) is 25.7 Å². The molecule has 9 atom stereocenters. The van der Waals surface area contributed by atoms with Crippen LogP contribution in [0.4, 0.5) is 0 Å². The number of hydrogen-bond acceptors (Lipinski definition) is 11. The molecule has 11 heteroatoms. The van der Waals surface area contributed by atoms with E-state index < -0.39 is 72.6 Å². The highest BCUT2D eigenvalue weighted by Crippen LogP contribution is 2.59. The molecule has 2 fully saturated rings. The minimum atomic E-state index is -2.38. The minimum Gasteiger partial charge on any atom is -0.394 e. The highest BCUT2D eigenvalue weighted by atomic mass is 16.8. The quantitative estimate of drug-likeness (QED) is 0.0271. The van der Waals surface area contributed by atoms with Crippen LogP contribution in [-0.4, -0.2) is 113 Å².